The van der Waals surface area contributed by atoms with Gasteiger partial charge >= 0.3 is 0 Å². The molecule has 20 heavy (non-hydrogen) atoms. The Morgan fingerprint density at radius 2 is 1.80 bits per heavy atom. The Kier molecular flexibility index (Phi) is 16.7. The molecule has 0 unspecified atom stereocenters. The second-order valence-electron chi connectivity index (χ2n) is 4.05. The van der Waals surface area contributed by atoms with Crippen molar-refractivity contribution in [2.24, 2.45) is 22.2 Å². The summed E-state index contributed by atoms with van der Waals surface area (Å²) < 4.78 is 0. The van der Waals surface area contributed by atoms with Crippen LogP contribution in [0.1, 0.15) is 13.8 Å². The van der Waals surface area contributed by atoms with Crippen molar-refractivity contribution in [2.45, 2.75) is 13.8 Å². The van der Waals surface area contributed by atoms with Gasteiger partial charge in [-0.25, -0.2) is 0 Å². The molecule has 0 aliphatic carbocycles. The molecule has 0 aromatic carbocycles. The minimum absolute atomic E-state index is 0.694. The van der Waals surface area contributed by atoms with E-state index >= 15 is 0 Å². The van der Waals surface area contributed by atoms with Gasteiger partial charge in [0.25, 0.3) is 5.97 Å². The van der Waals surface area contributed by atoms with E-state index < -0.39 is 5.97 Å². The molecule has 0 amide bonds. The average Bonchev–Trinajstić information content (AvgIpc) is 2.77. The molecule has 0 saturated heterocycles. The van der Waals surface area contributed by atoms with E-state index in [1.807, 2.05) is 6.92 Å². The fourth-order valence-electron chi connectivity index (χ4n) is 1.35. The van der Waals surface area contributed by atoms with E-state index in [0.717, 1.165) is 52.0 Å². The van der Waals surface area contributed by atoms with Crippen LogP contribution in [0.25, 0.3) is 0 Å². The highest BCUT2D eigenvalue weighted by Gasteiger charge is 2.09. The smallest absolute Gasteiger partial charge is 0.300 e. The standard InChI is InChI=1S/C6H13N3.C4H13N3.C2H4O2/c1-6-8-3-5-9(6)4-2-7;5-1-3-7-4-2-6;1-2(3)4/h2-5,7H2,1H3;7H,1-6H2;1H3,(H,3,4). The Balaban J connectivity index is 0. The number of carboxylic acids is 1. The Labute approximate surface area is 121 Å². The summed E-state index contributed by atoms with van der Waals surface area (Å²) in [5, 5.41) is 10.5. The molecule has 0 aromatic heterocycles. The number of carboxylic acid groups (broad SMARTS) is 1. The maximum atomic E-state index is 9.00. The molecule has 8 heteroatoms. The van der Waals surface area contributed by atoms with Gasteiger partial charge in [-0.05, 0) is 6.92 Å². The third-order valence-corrected chi connectivity index (χ3v) is 2.21. The number of rotatable bonds is 6. The highest BCUT2D eigenvalue weighted by atomic mass is 16.4. The zero-order chi connectivity index (χ0) is 15.8. The van der Waals surface area contributed by atoms with E-state index in [0.29, 0.717) is 13.1 Å². The molecular formula is C12H30N6O2. The van der Waals surface area contributed by atoms with Crippen LogP contribution in [0.3, 0.4) is 0 Å². The van der Waals surface area contributed by atoms with E-state index in [2.05, 4.69) is 15.2 Å². The van der Waals surface area contributed by atoms with Crippen molar-refractivity contribution >= 4 is 11.8 Å². The lowest BCUT2D eigenvalue weighted by Gasteiger charge is -2.15. The third kappa shape index (κ3) is 16.8. The molecule has 120 valence electrons. The Bertz CT molecular complexity index is 252. The van der Waals surface area contributed by atoms with Crippen LogP contribution in [0.15, 0.2) is 4.99 Å². The van der Waals surface area contributed by atoms with Crippen LogP contribution < -0.4 is 22.5 Å². The van der Waals surface area contributed by atoms with Crippen molar-refractivity contribution in [3.05, 3.63) is 0 Å². The van der Waals surface area contributed by atoms with Gasteiger partial charge in [-0.3, -0.25) is 9.79 Å². The van der Waals surface area contributed by atoms with Crippen LogP contribution in [0.4, 0.5) is 0 Å². The monoisotopic (exact) mass is 290 g/mol. The molecule has 0 radical (unpaired) electrons. The number of hydrogen-bond donors (Lipinski definition) is 5. The van der Waals surface area contributed by atoms with Gasteiger partial charge in [0, 0.05) is 52.7 Å². The molecule has 1 rings (SSSR count). The molecule has 1 aliphatic heterocycles. The van der Waals surface area contributed by atoms with Crippen molar-refractivity contribution in [3.63, 3.8) is 0 Å². The van der Waals surface area contributed by atoms with Crippen LogP contribution in [-0.4, -0.2) is 74.2 Å². The second-order valence-corrected chi connectivity index (χ2v) is 4.05. The first-order chi connectivity index (χ1) is 9.49. The van der Waals surface area contributed by atoms with E-state index in [1.54, 1.807) is 0 Å². The number of carbonyl (C=O) groups is 1. The average molecular weight is 290 g/mol. The van der Waals surface area contributed by atoms with E-state index in [1.165, 1.54) is 0 Å². The highest BCUT2D eigenvalue weighted by molar-refractivity contribution is 5.81. The molecule has 8 nitrogen and oxygen atoms in total. The van der Waals surface area contributed by atoms with Crippen molar-refractivity contribution in [1.29, 1.82) is 0 Å². The summed E-state index contributed by atoms with van der Waals surface area (Å²) in [5.41, 5.74) is 15.7. The quantitative estimate of drug-likeness (QED) is 0.365. The van der Waals surface area contributed by atoms with Crippen LogP contribution in [0, 0.1) is 0 Å². The van der Waals surface area contributed by atoms with Crippen molar-refractivity contribution in [1.82, 2.24) is 10.2 Å². The van der Waals surface area contributed by atoms with Crippen molar-refractivity contribution in [3.8, 4) is 0 Å². The molecule has 1 heterocycles. The number of nitrogens with one attached hydrogen (secondary N) is 1. The topological polar surface area (TPSA) is 143 Å². The van der Waals surface area contributed by atoms with E-state index in [-0.39, 0.29) is 0 Å². The lowest BCUT2D eigenvalue weighted by molar-refractivity contribution is -0.134. The van der Waals surface area contributed by atoms with E-state index in [4.69, 9.17) is 27.1 Å². The number of nitrogens with zero attached hydrogens (tertiary/aromatic N) is 2. The lowest BCUT2D eigenvalue weighted by Crippen LogP contribution is -2.30. The Hall–Kier alpha value is -1.22. The molecule has 0 aromatic rings. The summed E-state index contributed by atoms with van der Waals surface area (Å²) in [4.78, 5) is 15.4. The predicted octanol–water partition coefficient (Wildman–Crippen LogP) is -1.74. The van der Waals surface area contributed by atoms with Gasteiger partial charge in [-0.2, -0.15) is 0 Å². The first-order valence-corrected chi connectivity index (χ1v) is 6.76. The molecule has 0 saturated carbocycles. The van der Waals surface area contributed by atoms with Gasteiger partial charge in [0.05, 0.1) is 12.4 Å². The summed E-state index contributed by atoms with van der Waals surface area (Å²) in [6.45, 7) is 9.94. The highest BCUT2D eigenvalue weighted by Crippen LogP contribution is 1.98. The van der Waals surface area contributed by atoms with Crippen molar-refractivity contribution in [2.75, 3.05) is 52.4 Å². The molecular weight excluding hydrogens is 260 g/mol. The zero-order valence-corrected chi connectivity index (χ0v) is 12.6. The van der Waals surface area contributed by atoms with Crippen LogP contribution in [0.5, 0.6) is 0 Å². The maximum Gasteiger partial charge on any atom is 0.300 e. The van der Waals surface area contributed by atoms with Crippen molar-refractivity contribution < 1.29 is 9.90 Å². The van der Waals surface area contributed by atoms with Gasteiger partial charge in [0.2, 0.25) is 0 Å². The Morgan fingerprint density at radius 3 is 2.10 bits per heavy atom. The molecule has 0 spiro atoms. The molecule has 0 fully saturated rings. The van der Waals surface area contributed by atoms with Gasteiger partial charge in [-0.1, -0.05) is 0 Å². The predicted molar refractivity (Wildman–Crippen MR) is 82.9 cm³/mol. The largest absolute Gasteiger partial charge is 0.481 e. The van der Waals surface area contributed by atoms with Gasteiger partial charge in [0.1, 0.15) is 0 Å². The number of aliphatic carboxylic acids is 1. The minimum Gasteiger partial charge on any atom is -0.481 e. The second kappa shape index (κ2) is 15.8. The third-order valence-electron chi connectivity index (χ3n) is 2.21. The number of hydrogen-bond acceptors (Lipinski definition) is 7. The minimum atomic E-state index is -0.833. The molecule has 1 aliphatic rings. The Morgan fingerprint density at radius 1 is 1.30 bits per heavy atom. The first-order valence-electron chi connectivity index (χ1n) is 6.76. The normalized spacial score (nSPS) is 12.8. The lowest BCUT2D eigenvalue weighted by atomic mass is 10.5. The summed E-state index contributed by atoms with van der Waals surface area (Å²) in [6.07, 6.45) is 0. The fraction of sp³-hybridized carbons (Fsp3) is 0.833. The maximum absolute atomic E-state index is 9.00. The van der Waals surface area contributed by atoms with Gasteiger partial charge in [-0.15, -0.1) is 0 Å². The summed E-state index contributed by atoms with van der Waals surface area (Å²) >= 11 is 0. The zero-order valence-electron chi connectivity index (χ0n) is 12.6. The summed E-state index contributed by atoms with van der Waals surface area (Å²) in [7, 11) is 0. The van der Waals surface area contributed by atoms with Gasteiger partial charge in [0.15, 0.2) is 0 Å². The SMILES string of the molecule is CC(=O)O.CC1=NCCN1CCN.NCCNCCN. The molecule has 0 bridgehead atoms. The van der Waals surface area contributed by atoms with Crippen LogP contribution in [0.2, 0.25) is 0 Å². The van der Waals surface area contributed by atoms with Crippen LogP contribution >= 0.6 is 0 Å². The number of amidine groups is 1. The number of nitrogens with two attached hydrogens (primary N) is 3. The van der Waals surface area contributed by atoms with E-state index in [9.17, 15) is 0 Å². The number of aliphatic imine (C=N–C) groups is 1. The summed E-state index contributed by atoms with van der Waals surface area (Å²) in [5.74, 6) is 0.306. The van der Waals surface area contributed by atoms with Gasteiger partial charge < -0.3 is 32.5 Å². The summed E-state index contributed by atoms with van der Waals surface area (Å²) in [6, 6.07) is 0. The fourth-order valence-corrected chi connectivity index (χ4v) is 1.35. The molecule has 8 N–H and O–H groups in total. The molecule has 0 atom stereocenters. The van der Waals surface area contributed by atoms with Crippen LogP contribution in [-0.2, 0) is 4.79 Å². The first kappa shape index (κ1) is 21.1.